The normalized spacial score (nSPS) is 10.9. The fraction of sp³-hybridized carbons (Fsp3) is 0.600. The lowest BCUT2D eigenvalue weighted by atomic mass is 10.3. The molecule has 0 aliphatic carbocycles. The van der Waals surface area contributed by atoms with Gasteiger partial charge in [-0.2, -0.15) is 0 Å². The molecule has 0 spiro atoms. The molecule has 0 unspecified atom stereocenters. The Morgan fingerprint density at radius 1 is 1.13 bits per heavy atom. The van der Waals surface area contributed by atoms with Gasteiger partial charge in [0, 0.05) is 28.2 Å². The Kier molecular flexibility index (Phi) is 5.44. The van der Waals surface area contributed by atoms with Crippen LogP contribution in [0.1, 0.15) is 6.92 Å². The molecule has 5 nitrogen and oxygen atoms in total. The summed E-state index contributed by atoms with van der Waals surface area (Å²) in [5, 5.41) is 0. The lowest BCUT2D eigenvalue weighted by Gasteiger charge is -2.19. The Morgan fingerprint density at radius 2 is 1.67 bits per heavy atom. The molecule has 0 radical (unpaired) electrons. The molecule has 0 N–H and O–H groups in total. The molecule has 0 rings (SSSR count). The predicted octanol–water partition coefficient (Wildman–Crippen LogP) is 0.0832. The molecule has 1 amide bonds. The molecule has 86 valence electrons. The second-order valence-electron chi connectivity index (χ2n) is 3.38. The number of ether oxygens (including phenoxy) is 1. The quantitative estimate of drug-likeness (QED) is 0.491. The molecule has 0 saturated carbocycles. The van der Waals surface area contributed by atoms with E-state index in [0.29, 0.717) is 12.3 Å². The lowest BCUT2D eigenvalue weighted by molar-refractivity contribution is -0.138. The monoisotopic (exact) mass is 214 g/mol. The molecule has 0 saturated heterocycles. The number of rotatable bonds is 4. The van der Waals surface area contributed by atoms with E-state index in [4.69, 9.17) is 4.74 Å². The van der Waals surface area contributed by atoms with Gasteiger partial charge in [0.1, 0.15) is 5.70 Å². The van der Waals surface area contributed by atoms with Crippen LogP contribution in [-0.2, 0) is 14.3 Å². The van der Waals surface area contributed by atoms with Crippen molar-refractivity contribution in [3.05, 3.63) is 11.8 Å². The number of esters is 1. The number of likely N-dealkylation sites (N-methyl/N-ethyl adjacent to an activating group) is 2. The zero-order valence-corrected chi connectivity index (χ0v) is 9.90. The molecule has 0 aromatic heterocycles. The van der Waals surface area contributed by atoms with Gasteiger partial charge < -0.3 is 14.5 Å². The average Bonchev–Trinajstić information content (AvgIpc) is 2.13. The molecule has 0 aromatic rings. The summed E-state index contributed by atoms with van der Waals surface area (Å²) in [6, 6.07) is 0. The molecule has 5 heteroatoms. The van der Waals surface area contributed by atoms with Gasteiger partial charge in [0.2, 0.25) is 0 Å². The zero-order valence-electron chi connectivity index (χ0n) is 9.90. The van der Waals surface area contributed by atoms with Crippen molar-refractivity contribution in [1.82, 2.24) is 9.80 Å². The van der Waals surface area contributed by atoms with E-state index in [-0.39, 0.29) is 5.91 Å². The summed E-state index contributed by atoms with van der Waals surface area (Å²) in [4.78, 5) is 25.8. The van der Waals surface area contributed by atoms with E-state index in [1.807, 2.05) is 0 Å². The maximum atomic E-state index is 11.6. The second kappa shape index (κ2) is 6.06. The minimum atomic E-state index is -0.503. The third kappa shape index (κ3) is 4.49. The standard InChI is InChI=1S/C10H18N2O3/c1-6-15-9(13)7-8(11(2)3)10(14)12(4)5/h7H,6H2,1-5H3/b8-7+. The van der Waals surface area contributed by atoms with Crippen molar-refractivity contribution in [2.45, 2.75) is 6.92 Å². The third-order valence-corrected chi connectivity index (χ3v) is 1.65. The van der Waals surface area contributed by atoms with Crippen molar-refractivity contribution in [2.75, 3.05) is 34.8 Å². The maximum Gasteiger partial charge on any atom is 0.333 e. The summed E-state index contributed by atoms with van der Waals surface area (Å²) in [5.74, 6) is -0.732. The molecule has 0 heterocycles. The lowest BCUT2D eigenvalue weighted by Crippen LogP contribution is -2.31. The highest BCUT2D eigenvalue weighted by atomic mass is 16.5. The van der Waals surface area contributed by atoms with Gasteiger partial charge in [-0.05, 0) is 6.92 Å². The van der Waals surface area contributed by atoms with Crippen LogP contribution in [0.25, 0.3) is 0 Å². The van der Waals surface area contributed by atoms with Gasteiger partial charge in [0.15, 0.2) is 0 Å². The van der Waals surface area contributed by atoms with Crippen molar-refractivity contribution >= 4 is 11.9 Å². The Hall–Kier alpha value is -1.52. The molecule has 0 fully saturated rings. The molecular weight excluding hydrogens is 196 g/mol. The first-order chi connectivity index (χ1) is 6.90. The van der Waals surface area contributed by atoms with Crippen LogP contribution in [0.2, 0.25) is 0 Å². The number of carbonyl (C=O) groups is 2. The van der Waals surface area contributed by atoms with Crippen LogP contribution >= 0.6 is 0 Å². The summed E-state index contributed by atoms with van der Waals surface area (Å²) < 4.78 is 4.74. The van der Waals surface area contributed by atoms with Gasteiger partial charge in [-0.3, -0.25) is 4.79 Å². The van der Waals surface area contributed by atoms with E-state index in [9.17, 15) is 9.59 Å². The van der Waals surface area contributed by atoms with Crippen LogP contribution in [0, 0.1) is 0 Å². The number of hydrogen-bond acceptors (Lipinski definition) is 4. The Bertz CT molecular complexity index is 270. The first kappa shape index (κ1) is 13.5. The Balaban J connectivity index is 4.81. The summed E-state index contributed by atoms with van der Waals surface area (Å²) in [5.41, 5.74) is 0.304. The van der Waals surface area contributed by atoms with E-state index in [1.54, 1.807) is 40.0 Å². The van der Waals surface area contributed by atoms with Gasteiger partial charge in [-0.15, -0.1) is 0 Å². The highest BCUT2D eigenvalue weighted by Gasteiger charge is 2.15. The Labute approximate surface area is 90.3 Å². The van der Waals surface area contributed by atoms with Gasteiger partial charge >= 0.3 is 5.97 Å². The predicted molar refractivity (Wildman–Crippen MR) is 57.1 cm³/mol. The largest absolute Gasteiger partial charge is 0.463 e. The van der Waals surface area contributed by atoms with E-state index in [1.165, 1.54) is 11.0 Å². The van der Waals surface area contributed by atoms with Gasteiger partial charge in [0.05, 0.1) is 12.7 Å². The van der Waals surface area contributed by atoms with E-state index < -0.39 is 5.97 Å². The average molecular weight is 214 g/mol. The minimum absolute atomic E-state index is 0.229. The van der Waals surface area contributed by atoms with E-state index in [2.05, 4.69) is 0 Å². The fourth-order valence-electron chi connectivity index (χ4n) is 0.907. The first-order valence-electron chi connectivity index (χ1n) is 4.67. The number of hydrogen-bond donors (Lipinski definition) is 0. The summed E-state index contributed by atoms with van der Waals surface area (Å²) in [6.07, 6.45) is 1.20. The molecule has 15 heavy (non-hydrogen) atoms. The topological polar surface area (TPSA) is 49.9 Å². The SMILES string of the molecule is CCOC(=O)/C=C(\C(=O)N(C)C)N(C)C. The van der Waals surface area contributed by atoms with Gasteiger partial charge in [-0.25, -0.2) is 4.79 Å². The van der Waals surface area contributed by atoms with E-state index >= 15 is 0 Å². The van der Waals surface area contributed by atoms with Crippen molar-refractivity contribution < 1.29 is 14.3 Å². The van der Waals surface area contributed by atoms with Crippen LogP contribution < -0.4 is 0 Å². The van der Waals surface area contributed by atoms with Gasteiger partial charge in [-0.1, -0.05) is 0 Å². The third-order valence-electron chi connectivity index (χ3n) is 1.65. The fourth-order valence-corrected chi connectivity index (χ4v) is 0.907. The molecule has 0 bridgehead atoms. The summed E-state index contributed by atoms with van der Waals surface area (Å²) in [7, 11) is 6.66. The first-order valence-corrected chi connectivity index (χ1v) is 4.67. The van der Waals surface area contributed by atoms with Crippen LogP contribution in [0.4, 0.5) is 0 Å². The molecule has 0 atom stereocenters. The Morgan fingerprint density at radius 3 is 2.00 bits per heavy atom. The maximum absolute atomic E-state index is 11.6. The smallest absolute Gasteiger partial charge is 0.333 e. The van der Waals surface area contributed by atoms with Crippen molar-refractivity contribution in [1.29, 1.82) is 0 Å². The molecular formula is C10H18N2O3. The summed E-state index contributed by atoms with van der Waals surface area (Å²) >= 11 is 0. The number of amides is 1. The molecule has 0 aliphatic rings. The van der Waals surface area contributed by atoms with Crippen molar-refractivity contribution in [2.24, 2.45) is 0 Å². The second-order valence-corrected chi connectivity index (χ2v) is 3.38. The van der Waals surface area contributed by atoms with Gasteiger partial charge in [0.25, 0.3) is 5.91 Å². The van der Waals surface area contributed by atoms with E-state index in [0.717, 1.165) is 0 Å². The number of carbonyl (C=O) groups excluding carboxylic acids is 2. The zero-order chi connectivity index (χ0) is 12.0. The molecule has 0 aliphatic heterocycles. The van der Waals surface area contributed by atoms with Crippen LogP contribution in [0.15, 0.2) is 11.8 Å². The minimum Gasteiger partial charge on any atom is -0.463 e. The van der Waals surface area contributed by atoms with Crippen LogP contribution in [-0.4, -0.2) is 56.5 Å². The highest BCUT2D eigenvalue weighted by Crippen LogP contribution is 2.03. The van der Waals surface area contributed by atoms with Crippen LogP contribution in [0.3, 0.4) is 0 Å². The highest BCUT2D eigenvalue weighted by molar-refractivity contribution is 5.98. The summed E-state index contributed by atoms with van der Waals surface area (Å²) in [6.45, 7) is 2.01. The number of nitrogens with zero attached hydrogens (tertiary/aromatic N) is 2. The van der Waals surface area contributed by atoms with Crippen molar-refractivity contribution in [3.8, 4) is 0 Å². The van der Waals surface area contributed by atoms with Crippen LogP contribution in [0.5, 0.6) is 0 Å². The van der Waals surface area contributed by atoms with Crippen molar-refractivity contribution in [3.63, 3.8) is 0 Å². The molecule has 0 aromatic carbocycles.